The summed E-state index contributed by atoms with van der Waals surface area (Å²) in [5.74, 6) is -4.19. The number of hydrogen-bond donors (Lipinski definition) is 8. The van der Waals surface area contributed by atoms with Gasteiger partial charge >= 0.3 is 11.9 Å². The van der Waals surface area contributed by atoms with Gasteiger partial charge in [0.2, 0.25) is 17.7 Å². The lowest BCUT2D eigenvalue weighted by atomic mass is 10.0. The molecule has 14 nitrogen and oxygen atoms in total. The molecule has 0 bridgehead atoms. The molecule has 0 saturated heterocycles. The molecule has 11 N–H and O–H groups in total. The summed E-state index contributed by atoms with van der Waals surface area (Å²) in [5.41, 5.74) is 16.4. The van der Waals surface area contributed by atoms with Gasteiger partial charge in [-0.15, -0.1) is 0 Å². The van der Waals surface area contributed by atoms with Crippen molar-refractivity contribution >= 4 is 47.4 Å². The van der Waals surface area contributed by atoms with E-state index in [0.29, 0.717) is 12.2 Å². The highest BCUT2D eigenvalue weighted by molar-refractivity contribution is 7.98. The molecule has 0 spiro atoms. The number of carboxylic acid groups (broad SMARTS) is 2. The molecule has 0 aromatic heterocycles. The van der Waals surface area contributed by atoms with Crippen LogP contribution in [0.1, 0.15) is 52.4 Å². The largest absolute Gasteiger partial charge is 0.481 e. The molecule has 37 heavy (non-hydrogen) atoms. The minimum absolute atomic E-state index is 0.0247. The standard InChI is InChI=1S/C22H41N7O7S/c1-12(2)11-16(29-18(32)13(23)5-4-9-26-22(24)25)20(34)27-14(6-7-17(30)31)19(33)28-15(21(35)36)8-10-37-3/h12-16H,4-11,23H2,1-3H3,(H,27,34)(H,28,33)(H,29,32)(H,30,31)(H,35,36)(H4,24,25,26). The second-order valence-corrected chi connectivity index (χ2v) is 9.91. The van der Waals surface area contributed by atoms with Crippen LogP contribution in [0.2, 0.25) is 0 Å². The SMILES string of the molecule is CSCCC(NC(=O)C(CCC(=O)O)NC(=O)C(CC(C)C)NC(=O)C(N)CCCN=C(N)N)C(=O)O. The molecule has 0 aromatic carbocycles. The first-order chi connectivity index (χ1) is 17.3. The van der Waals surface area contributed by atoms with Crippen LogP contribution in [-0.2, 0) is 24.0 Å². The van der Waals surface area contributed by atoms with Crippen molar-refractivity contribution in [3.63, 3.8) is 0 Å². The first-order valence-electron chi connectivity index (χ1n) is 11.9. The molecule has 4 atom stereocenters. The topological polar surface area (TPSA) is 252 Å². The second kappa shape index (κ2) is 18.2. The number of carbonyl (C=O) groups excluding carboxylic acids is 3. The third-order valence-electron chi connectivity index (χ3n) is 5.15. The predicted molar refractivity (Wildman–Crippen MR) is 141 cm³/mol. The van der Waals surface area contributed by atoms with E-state index in [-0.39, 0.29) is 44.1 Å². The van der Waals surface area contributed by atoms with Crippen LogP contribution in [0.4, 0.5) is 0 Å². The minimum Gasteiger partial charge on any atom is -0.481 e. The fourth-order valence-corrected chi connectivity index (χ4v) is 3.68. The number of nitrogens with one attached hydrogen (secondary N) is 3. The minimum atomic E-state index is -1.32. The molecule has 3 amide bonds. The zero-order valence-electron chi connectivity index (χ0n) is 21.6. The Hall–Kier alpha value is -3.07. The van der Waals surface area contributed by atoms with Gasteiger partial charge in [0.1, 0.15) is 18.1 Å². The Morgan fingerprint density at radius 3 is 1.95 bits per heavy atom. The van der Waals surface area contributed by atoms with Gasteiger partial charge in [-0.05, 0) is 50.0 Å². The highest BCUT2D eigenvalue weighted by Crippen LogP contribution is 2.09. The molecule has 0 aliphatic heterocycles. The van der Waals surface area contributed by atoms with Crippen molar-refractivity contribution < 1.29 is 34.2 Å². The zero-order valence-corrected chi connectivity index (χ0v) is 22.4. The summed E-state index contributed by atoms with van der Waals surface area (Å²) < 4.78 is 0. The van der Waals surface area contributed by atoms with E-state index in [2.05, 4.69) is 20.9 Å². The quantitative estimate of drug-likeness (QED) is 0.0528. The van der Waals surface area contributed by atoms with Gasteiger partial charge in [0.15, 0.2) is 5.96 Å². The second-order valence-electron chi connectivity index (χ2n) is 8.92. The van der Waals surface area contributed by atoms with Crippen molar-refractivity contribution in [1.29, 1.82) is 0 Å². The van der Waals surface area contributed by atoms with Crippen LogP contribution in [0.3, 0.4) is 0 Å². The Labute approximate surface area is 220 Å². The first kappa shape index (κ1) is 33.9. The normalized spacial score (nSPS) is 14.1. The number of rotatable bonds is 19. The van der Waals surface area contributed by atoms with E-state index in [0.717, 1.165) is 0 Å². The Morgan fingerprint density at radius 2 is 1.43 bits per heavy atom. The number of thioether (sulfide) groups is 1. The van der Waals surface area contributed by atoms with Crippen LogP contribution in [0, 0.1) is 5.92 Å². The molecule has 0 fully saturated rings. The van der Waals surface area contributed by atoms with Crippen molar-refractivity contribution in [2.45, 2.75) is 76.5 Å². The van der Waals surface area contributed by atoms with Crippen LogP contribution in [0.25, 0.3) is 0 Å². The predicted octanol–water partition coefficient (Wildman–Crippen LogP) is -1.43. The maximum atomic E-state index is 13.1. The highest BCUT2D eigenvalue weighted by Gasteiger charge is 2.30. The van der Waals surface area contributed by atoms with E-state index in [9.17, 15) is 29.1 Å². The van der Waals surface area contributed by atoms with Gasteiger partial charge in [-0.2, -0.15) is 11.8 Å². The fraction of sp³-hybridized carbons (Fsp3) is 0.727. The smallest absolute Gasteiger partial charge is 0.326 e. The van der Waals surface area contributed by atoms with Crippen LogP contribution >= 0.6 is 11.8 Å². The Balaban J connectivity index is 5.45. The van der Waals surface area contributed by atoms with Crippen LogP contribution in [0.15, 0.2) is 4.99 Å². The molecule has 0 aliphatic rings. The van der Waals surface area contributed by atoms with E-state index in [1.165, 1.54) is 11.8 Å². The number of hydrogen-bond acceptors (Lipinski definition) is 8. The summed E-state index contributed by atoms with van der Waals surface area (Å²) in [6.45, 7) is 3.95. The highest BCUT2D eigenvalue weighted by atomic mass is 32.2. The van der Waals surface area contributed by atoms with Gasteiger partial charge < -0.3 is 43.4 Å². The number of carboxylic acids is 2. The van der Waals surface area contributed by atoms with Crippen molar-refractivity contribution in [3.05, 3.63) is 0 Å². The summed E-state index contributed by atoms with van der Waals surface area (Å²) >= 11 is 1.40. The summed E-state index contributed by atoms with van der Waals surface area (Å²) in [6.07, 6.45) is 2.14. The van der Waals surface area contributed by atoms with Gasteiger partial charge in [0.05, 0.1) is 6.04 Å². The Kier molecular flexibility index (Phi) is 16.7. The number of aliphatic imine (C=N–C) groups is 1. The average molecular weight is 548 g/mol. The lowest BCUT2D eigenvalue weighted by molar-refractivity contribution is -0.143. The fourth-order valence-electron chi connectivity index (χ4n) is 3.21. The number of guanidine groups is 1. The number of amides is 3. The van der Waals surface area contributed by atoms with Crippen molar-refractivity contribution in [1.82, 2.24) is 16.0 Å². The van der Waals surface area contributed by atoms with Gasteiger partial charge in [0, 0.05) is 13.0 Å². The van der Waals surface area contributed by atoms with Crippen LogP contribution < -0.4 is 33.2 Å². The molecule has 212 valence electrons. The molecule has 4 unspecified atom stereocenters. The van der Waals surface area contributed by atoms with Gasteiger partial charge in [-0.25, -0.2) is 4.79 Å². The molecule has 0 aliphatic carbocycles. The van der Waals surface area contributed by atoms with Crippen molar-refractivity contribution in [3.8, 4) is 0 Å². The van der Waals surface area contributed by atoms with Crippen molar-refractivity contribution in [2.24, 2.45) is 28.1 Å². The maximum absolute atomic E-state index is 13.1. The van der Waals surface area contributed by atoms with E-state index >= 15 is 0 Å². The number of carbonyl (C=O) groups is 5. The lowest BCUT2D eigenvalue weighted by Gasteiger charge is -2.26. The molecule has 0 rings (SSSR count). The molecule has 0 aromatic rings. The Morgan fingerprint density at radius 1 is 0.865 bits per heavy atom. The number of nitrogens with two attached hydrogens (primary N) is 3. The summed E-state index contributed by atoms with van der Waals surface area (Å²) in [5, 5.41) is 25.9. The number of aliphatic carboxylic acids is 2. The van der Waals surface area contributed by atoms with Gasteiger partial charge in [-0.1, -0.05) is 13.8 Å². The summed E-state index contributed by atoms with van der Waals surface area (Å²) in [4.78, 5) is 64.9. The van der Waals surface area contributed by atoms with Crippen LogP contribution in [0.5, 0.6) is 0 Å². The summed E-state index contributed by atoms with van der Waals surface area (Å²) in [6, 6.07) is -4.51. The Bertz CT molecular complexity index is 806. The van der Waals surface area contributed by atoms with E-state index < -0.39 is 60.2 Å². The monoisotopic (exact) mass is 547 g/mol. The van der Waals surface area contributed by atoms with Crippen molar-refractivity contribution in [2.75, 3.05) is 18.6 Å². The molecular formula is C22H41N7O7S. The van der Waals surface area contributed by atoms with E-state index in [4.69, 9.17) is 22.3 Å². The van der Waals surface area contributed by atoms with E-state index in [1.54, 1.807) is 6.26 Å². The first-order valence-corrected chi connectivity index (χ1v) is 13.3. The summed E-state index contributed by atoms with van der Waals surface area (Å²) in [7, 11) is 0. The maximum Gasteiger partial charge on any atom is 0.326 e. The third kappa shape index (κ3) is 15.6. The third-order valence-corrected chi connectivity index (χ3v) is 5.79. The molecule has 15 heteroatoms. The molecule has 0 radical (unpaired) electrons. The average Bonchev–Trinajstić information content (AvgIpc) is 2.80. The lowest BCUT2D eigenvalue weighted by Crippen LogP contribution is -2.57. The van der Waals surface area contributed by atoms with Crippen LogP contribution in [-0.4, -0.2) is 88.6 Å². The van der Waals surface area contributed by atoms with Gasteiger partial charge in [-0.3, -0.25) is 24.2 Å². The van der Waals surface area contributed by atoms with Gasteiger partial charge in [0.25, 0.3) is 0 Å². The molecule has 0 saturated carbocycles. The molecular weight excluding hydrogens is 506 g/mol. The van der Waals surface area contributed by atoms with E-state index in [1.807, 2.05) is 13.8 Å². The zero-order chi connectivity index (χ0) is 28.5. The number of nitrogens with zero attached hydrogens (tertiary/aromatic N) is 1. The molecule has 0 heterocycles.